The Morgan fingerprint density at radius 3 is 2.78 bits per heavy atom. The Balaban J connectivity index is 2.34. The van der Waals surface area contributed by atoms with Gasteiger partial charge in [0, 0.05) is 24.8 Å². The molecule has 1 aliphatic rings. The van der Waals surface area contributed by atoms with Gasteiger partial charge in [0.15, 0.2) is 0 Å². The number of nitrogens with zero attached hydrogens (tertiary/aromatic N) is 1. The van der Waals surface area contributed by atoms with Crippen LogP contribution in [0.4, 0.5) is 0 Å². The lowest BCUT2D eigenvalue weighted by atomic mass is 10.1. The first-order valence-corrected chi connectivity index (χ1v) is 5.58. The van der Waals surface area contributed by atoms with E-state index in [0.717, 1.165) is 0 Å². The van der Waals surface area contributed by atoms with E-state index in [9.17, 15) is 14.7 Å². The summed E-state index contributed by atoms with van der Waals surface area (Å²) in [6, 6.07) is 0. The van der Waals surface area contributed by atoms with E-state index in [1.807, 2.05) is 0 Å². The van der Waals surface area contributed by atoms with Gasteiger partial charge in [0.1, 0.15) is 5.56 Å². The summed E-state index contributed by atoms with van der Waals surface area (Å²) in [6.45, 7) is 0.0921. The molecule has 96 valence electrons. The maximum absolute atomic E-state index is 11.6. The van der Waals surface area contributed by atoms with Crippen molar-refractivity contribution in [2.75, 3.05) is 13.2 Å². The summed E-state index contributed by atoms with van der Waals surface area (Å²) >= 11 is 0. The molecule has 2 rings (SSSR count). The smallest absolute Gasteiger partial charge is 0.328 e. The Morgan fingerprint density at radius 2 is 2.28 bits per heavy atom. The van der Waals surface area contributed by atoms with Gasteiger partial charge in [-0.3, -0.25) is 14.3 Å². The molecule has 0 saturated heterocycles. The molecule has 1 aliphatic carbocycles. The van der Waals surface area contributed by atoms with Gasteiger partial charge in [-0.2, -0.15) is 0 Å². The first-order chi connectivity index (χ1) is 8.56. The molecule has 1 heterocycles. The summed E-state index contributed by atoms with van der Waals surface area (Å²) < 4.78 is 1.28. The van der Waals surface area contributed by atoms with Crippen molar-refractivity contribution in [3.8, 4) is 12.3 Å². The van der Waals surface area contributed by atoms with Crippen molar-refractivity contribution in [3.63, 3.8) is 0 Å². The number of nitrogens with one attached hydrogen (secondary N) is 1. The molecule has 6 heteroatoms. The maximum atomic E-state index is 11.6. The number of aliphatic hydroxyl groups is 2. The Hall–Kier alpha value is -1.84. The molecule has 0 aromatic carbocycles. The maximum Gasteiger partial charge on any atom is 0.328 e. The highest BCUT2D eigenvalue weighted by atomic mass is 16.3. The highest BCUT2D eigenvalue weighted by Gasteiger charge is 2.53. The summed E-state index contributed by atoms with van der Waals surface area (Å²) in [5.41, 5.74) is -1.56. The third-order valence-corrected chi connectivity index (χ3v) is 3.55. The molecule has 2 atom stereocenters. The van der Waals surface area contributed by atoms with Crippen LogP contribution in [0.25, 0.3) is 0 Å². The fourth-order valence-electron chi connectivity index (χ4n) is 2.20. The van der Waals surface area contributed by atoms with Crippen LogP contribution in [0.1, 0.15) is 12.0 Å². The summed E-state index contributed by atoms with van der Waals surface area (Å²) in [4.78, 5) is 25.0. The van der Waals surface area contributed by atoms with Crippen molar-refractivity contribution in [1.82, 2.24) is 9.55 Å². The van der Waals surface area contributed by atoms with Gasteiger partial charge < -0.3 is 10.2 Å². The molecule has 0 unspecified atom stereocenters. The van der Waals surface area contributed by atoms with Gasteiger partial charge in [-0.15, -0.1) is 6.42 Å². The van der Waals surface area contributed by atoms with Crippen molar-refractivity contribution >= 4 is 0 Å². The second kappa shape index (κ2) is 4.44. The van der Waals surface area contributed by atoms with Crippen molar-refractivity contribution in [2.45, 2.75) is 13.0 Å². The first kappa shape index (κ1) is 12.6. The molecule has 1 saturated carbocycles. The zero-order chi connectivity index (χ0) is 13.3. The summed E-state index contributed by atoms with van der Waals surface area (Å²) in [6.07, 6.45) is 7.12. The van der Waals surface area contributed by atoms with Crippen molar-refractivity contribution in [1.29, 1.82) is 0 Å². The number of rotatable bonds is 4. The van der Waals surface area contributed by atoms with Gasteiger partial charge in [0.25, 0.3) is 5.56 Å². The summed E-state index contributed by atoms with van der Waals surface area (Å²) in [5.74, 6) is 2.18. The van der Waals surface area contributed by atoms with Crippen LogP contribution in [0.2, 0.25) is 0 Å². The predicted octanol–water partition coefficient (Wildman–Crippen LogP) is -1.49. The first-order valence-electron chi connectivity index (χ1n) is 5.58. The number of aromatic nitrogens is 2. The molecule has 0 bridgehead atoms. The highest BCUT2D eigenvalue weighted by Crippen LogP contribution is 2.52. The second-order valence-corrected chi connectivity index (χ2v) is 4.68. The van der Waals surface area contributed by atoms with E-state index in [1.165, 1.54) is 10.8 Å². The fourth-order valence-corrected chi connectivity index (χ4v) is 2.20. The highest BCUT2D eigenvalue weighted by molar-refractivity contribution is 5.26. The number of terminal acetylenes is 1. The zero-order valence-corrected chi connectivity index (χ0v) is 9.72. The third kappa shape index (κ3) is 1.98. The van der Waals surface area contributed by atoms with E-state index in [-0.39, 0.29) is 31.2 Å². The number of aromatic amines is 1. The normalized spacial score (nSPS) is 25.7. The molecular formula is C12H14N2O4. The minimum Gasteiger partial charge on any atom is -0.396 e. The average molecular weight is 250 g/mol. The Morgan fingerprint density at radius 1 is 1.56 bits per heavy atom. The molecule has 6 nitrogen and oxygen atoms in total. The molecule has 0 amide bonds. The van der Waals surface area contributed by atoms with Crippen LogP contribution in [-0.2, 0) is 6.54 Å². The van der Waals surface area contributed by atoms with Crippen LogP contribution in [0.15, 0.2) is 15.8 Å². The van der Waals surface area contributed by atoms with Crippen LogP contribution < -0.4 is 11.2 Å². The molecule has 0 aliphatic heterocycles. The van der Waals surface area contributed by atoms with E-state index in [0.29, 0.717) is 6.42 Å². The third-order valence-electron chi connectivity index (χ3n) is 3.55. The standard InChI is InChI=1S/C12H14N2O4/c1-2-8-4-14(11(18)13-10(8)17)6-12(7-16)3-9(12)5-15/h1,4,9,15-16H,3,5-7H2,(H,13,17,18)/t9-,12-/m0/s1. The van der Waals surface area contributed by atoms with E-state index in [2.05, 4.69) is 10.9 Å². The molecule has 18 heavy (non-hydrogen) atoms. The van der Waals surface area contributed by atoms with Crippen LogP contribution in [0.3, 0.4) is 0 Å². The van der Waals surface area contributed by atoms with Crippen LogP contribution >= 0.6 is 0 Å². The SMILES string of the molecule is C#Cc1cn(C[C@]2(CO)C[C@H]2CO)c(=O)[nH]c1=O. The van der Waals surface area contributed by atoms with Gasteiger partial charge >= 0.3 is 5.69 Å². The molecule has 1 aromatic heterocycles. The monoisotopic (exact) mass is 250 g/mol. The van der Waals surface area contributed by atoms with E-state index >= 15 is 0 Å². The van der Waals surface area contributed by atoms with E-state index in [1.54, 1.807) is 0 Å². The minimum atomic E-state index is -0.591. The van der Waals surface area contributed by atoms with E-state index < -0.39 is 16.7 Å². The van der Waals surface area contributed by atoms with E-state index in [4.69, 9.17) is 11.5 Å². The Kier molecular flexibility index (Phi) is 3.11. The molecular weight excluding hydrogens is 236 g/mol. The van der Waals surface area contributed by atoms with Gasteiger partial charge in [-0.05, 0) is 12.3 Å². The number of hydrogen-bond donors (Lipinski definition) is 3. The quantitative estimate of drug-likeness (QED) is 0.567. The largest absolute Gasteiger partial charge is 0.396 e. The number of aliphatic hydroxyl groups excluding tert-OH is 2. The minimum absolute atomic E-state index is 0.0180. The summed E-state index contributed by atoms with van der Waals surface area (Å²) in [5, 5.41) is 18.4. The fraction of sp³-hybridized carbons (Fsp3) is 0.500. The van der Waals surface area contributed by atoms with Gasteiger partial charge in [-0.25, -0.2) is 4.79 Å². The van der Waals surface area contributed by atoms with Gasteiger partial charge in [0.05, 0.1) is 6.61 Å². The number of H-pyrrole nitrogens is 1. The Labute approximate surface area is 103 Å². The molecule has 3 N–H and O–H groups in total. The number of hydrogen-bond acceptors (Lipinski definition) is 4. The lowest BCUT2D eigenvalue weighted by Crippen LogP contribution is -2.34. The Bertz CT molecular complexity index is 610. The lowest BCUT2D eigenvalue weighted by molar-refractivity contribution is 0.156. The summed E-state index contributed by atoms with van der Waals surface area (Å²) in [7, 11) is 0. The van der Waals surface area contributed by atoms with Crippen molar-refractivity contribution < 1.29 is 10.2 Å². The molecule has 1 fully saturated rings. The van der Waals surface area contributed by atoms with Crippen LogP contribution in [0, 0.1) is 23.7 Å². The molecule has 1 aromatic rings. The molecule has 0 radical (unpaired) electrons. The van der Waals surface area contributed by atoms with Crippen LogP contribution in [0.5, 0.6) is 0 Å². The lowest BCUT2D eigenvalue weighted by Gasteiger charge is -2.15. The van der Waals surface area contributed by atoms with Gasteiger partial charge in [-0.1, -0.05) is 5.92 Å². The molecule has 0 spiro atoms. The predicted molar refractivity (Wildman–Crippen MR) is 64.0 cm³/mol. The van der Waals surface area contributed by atoms with Crippen molar-refractivity contribution in [3.05, 3.63) is 32.6 Å². The second-order valence-electron chi connectivity index (χ2n) is 4.68. The average Bonchev–Trinajstić information content (AvgIpc) is 3.07. The zero-order valence-electron chi connectivity index (χ0n) is 9.72. The van der Waals surface area contributed by atoms with Crippen LogP contribution in [-0.4, -0.2) is 33.0 Å². The van der Waals surface area contributed by atoms with Gasteiger partial charge in [0.2, 0.25) is 0 Å². The van der Waals surface area contributed by atoms with Crippen molar-refractivity contribution in [2.24, 2.45) is 11.3 Å². The topological polar surface area (TPSA) is 95.3 Å².